The van der Waals surface area contributed by atoms with E-state index in [0.717, 1.165) is 4.52 Å². The van der Waals surface area contributed by atoms with Gasteiger partial charge in [-0.05, 0) is 0 Å². The van der Waals surface area contributed by atoms with E-state index in [2.05, 4.69) is 15.1 Å². The van der Waals surface area contributed by atoms with E-state index < -0.39 is 5.97 Å². The van der Waals surface area contributed by atoms with E-state index >= 15 is 0 Å². The smallest absolute Gasteiger partial charge is 0.374 e. The number of rotatable bonds is 2. The highest BCUT2D eigenvalue weighted by Crippen LogP contribution is 2.14. The molecule has 0 aliphatic rings. The van der Waals surface area contributed by atoms with Crippen LogP contribution in [-0.4, -0.2) is 37.8 Å². The van der Waals surface area contributed by atoms with Gasteiger partial charge in [0, 0.05) is 0 Å². The van der Waals surface area contributed by atoms with Gasteiger partial charge in [0.05, 0.1) is 13.3 Å². The molecule has 0 aromatic carbocycles. The number of methoxy groups -OCH3 is 1. The molecule has 2 aromatic rings. The zero-order valence-electron chi connectivity index (χ0n) is 7.21. The molecule has 14 heavy (non-hydrogen) atoms. The first-order valence-electron chi connectivity index (χ1n) is 3.70. The van der Waals surface area contributed by atoms with E-state index in [1.807, 2.05) is 0 Å². The lowest BCUT2D eigenvalue weighted by Crippen LogP contribution is -2.06. The van der Waals surface area contributed by atoms with Crippen molar-refractivity contribution in [2.75, 3.05) is 7.11 Å². The number of carboxylic acids is 1. The fourth-order valence-electron chi connectivity index (χ4n) is 1.11. The van der Waals surface area contributed by atoms with Crippen LogP contribution in [0.25, 0.3) is 5.52 Å². The van der Waals surface area contributed by atoms with E-state index in [9.17, 15) is 4.79 Å². The topological polar surface area (TPSA) is 89.6 Å². The lowest BCUT2D eigenvalue weighted by atomic mass is 10.6. The molecule has 0 atom stereocenters. The van der Waals surface area contributed by atoms with Gasteiger partial charge in [0.25, 0.3) is 0 Å². The number of imidazole rings is 1. The summed E-state index contributed by atoms with van der Waals surface area (Å²) in [6.45, 7) is 0. The van der Waals surface area contributed by atoms with Crippen molar-refractivity contribution in [1.82, 2.24) is 19.6 Å². The minimum Gasteiger partial charge on any atom is -0.479 e. The summed E-state index contributed by atoms with van der Waals surface area (Å²) in [5, 5.41) is 12.5. The third-order valence-electron chi connectivity index (χ3n) is 1.68. The van der Waals surface area contributed by atoms with Crippen LogP contribution in [0.15, 0.2) is 12.5 Å². The molecular formula is C7H6N4O3. The average molecular weight is 194 g/mol. The highest BCUT2D eigenvalue weighted by Gasteiger charge is 2.14. The van der Waals surface area contributed by atoms with E-state index in [4.69, 9.17) is 9.84 Å². The SMILES string of the molecule is COc1ncnn2c(C(=O)O)ncc12. The van der Waals surface area contributed by atoms with Gasteiger partial charge >= 0.3 is 5.97 Å². The molecule has 0 radical (unpaired) electrons. The molecule has 0 bridgehead atoms. The Hall–Kier alpha value is -2.18. The van der Waals surface area contributed by atoms with Gasteiger partial charge in [0.15, 0.2) is 0 Å². The minimum atomic E-state index is -1.15. The maximum Gasteiger partial charge on any atom is 0.374 e. The lowest BCUT2D eigenvalue weighted by Gasteiger charge is -1.99. The summed E-state index contributed by atoms with van der Waals surface area (Å²) in [4.78, 5) is 18.2. The van der Waals surface area contributed by atoms with Crippen LogP contribution in [0.2, 0.25) is 0 Å². The second-order valence-corrected chi connectivity index (χ2v) is 2.45. The molecular weight excluding hydrogens is 188 g/mol. The Kier molecular flexibility index (Phi) is 1.77. The molecule has 72 valence electrons. The summed E-state index contributed by atoms with van der Waals surface area (Å²) in [6, 6.07) is 0. The number of hydrogen-bond acceptors (Lipinski definition) is 5. The van der Waals surface area contributed by atoms with Gasteiger partial charge < -0.3 is 9.84 Å². The first-order valence-corrected chi connectivity index (χ1v) is 3.70. The number of hydrogen-bond donors (Lipinski definition) is 1. The first kappa shape index (κ1) is 8.42. The molecule has 0 fully saturated rings. The summed E-state index contributed by atoms with van der Waals surface area (Å²) in [5.74, 6) is -1.02. The van der Waals surface area contributed by atoms with Crippen molar-refractivity contribution in [2.24, 2.45) is 0 Å². The maximum absolute atomic E-state index is 10.7. The maximum atomic E-state index is 10.7. The number of nitrogens with zero attached hydrogens (tertiary/aromatic N) is 4. The number of aromatic nitrogens is 4. The van der Waals surface area contributed by atoms with Crippen LogP contribution < -0.4 is 4.74 Å². The van der Waals surface area contributed by atoms with Crippen molar-refractivity contribution < 1.29 is 14.6 Å². The van der Waals surface area contributed by atoms with E-state index in [1.165, 1.54) is 19.6 Å². The summed E-state index contributed by atoms with van der Waals surface area (Å²) >= 11 is 0. The third kappa shape index (κ3) is 1.06. The quantitative estimate of drug-likeness (QED) is 0.713. The summed E-state index contributed by atoms with van der Waals surface area (Å²) < 4.78 is 6.08. The van der Waals surface area contributed by atoms with Crippen LogP contribution in [0.1, 0.15) is 10.6 Å². The second-order valence-electron chi connectivity index (χ2n) is 2.45. The second kappa shape index (κ2) is 2.95. The van der Waals surface area contributed by atoms with Crippen molar-refractivity contribution in [3.05, 3.63) is 18.3 Å². The average Bonchev–Trinajstić information content (AvgIpc) is 2.60. The summed E-state index contributed by atoms with van der Waals surface area (Å²) in [6.07, 6.45) is 2.56. The predicted molar refractivity (Wildman–Crippen MR) is 44.3 cm³/mol. The van der Waals surface area contributed by atoms with Crippen molar-refractivity contribution in [3.63, 3.8) is 0 Å². The van der Waals surface area contributed by atoms with Gasteiger partial charge in [-0.15, -0.1) is 0 Å². The molecule has 2 rings (SSSR count). The van der Waals surface area contributed by atoms with Crippen molar-refractivity contribution in [3.8, 4) is 5.88 Å². The molecule has 0 unspecified atom stereocenters. The fraction of sp³-hybridized carbons (Fsp3) is 0.143. The molecule has 1 N–H and O–H groups in total. The molecule has 0 aliphatic carbocycles. The molecule has 0 saturated heterocycles. The largest absolute Gasteiger partial charge is 0.479 e. The highest BCUT2D eigenvalue weighted by atomic mass is 16.5. The Balaban J connectivity index is 2.75. The van der Waals surface area contributed by atoms with Crippen molar-refractivity contribution >= 4 is 11.5 Å². The molecule has 0 spiro atoms. The van der Waals surface area contributed by atoms with Crippen LogP contribution in [-0.2, 0) is 0 Å². The molecule has 0 aliphatic heterocycles. The summed E-state index contributed by atoms with van der Waals surface area (Å²) in [5.41, 5.74) is 0.424. The molecule has 7 heteroatoms. The van der Waals surface area contributed by atoms with Crippen LogP contribution >= 0.6 is 0 Å². The van der Waals surface area contributed by atoms with Crippen LogP contribution in [0.4, 0.5) is 0 Å². The number of carboxylic acid groups (broad SMARTS) is 1. The Morgan fingerprint density at radius 2 is 2.36 bits per heavy atom. The van der Waals surface area contributed by atoms with Gasteiger partial charge in [-0.1, -0.05) is 0 Å². The fourth-order valence-corrected chi connectivity index (χ4v) is 1.11. The van der Waals surface area contributed by atoms with Gasteiger partial charge in [0.1, 0.15) is 11.8 Å². The first-order chi connectivity index (χ1) is 6.74. The monoisotopic (exact) mass is 194 g/mol. The van der Waals surface area contributed by atoms with Crippen molar-refractivity contribution in [1.29, 1.82) is 0 Å². The Bertz CT molecular complexity index is 493. The van der Waals surface area contributed by atoms with Crippen molar-refractivity contribution in [2.45, 2.75) is 0 Å². The minimum absolute atomic E-state index is 0.166. The van der Waals surface area contributed by atoms with Gasteiger partial charge in [0.2, 0.25) is 11.7 Å². The molecule has 0 saturated carbocycles. The van der Waals surface area contributed by atoms with Gasteiger partial charge in [-0.3, -0.25) is 0 Å². The van der Waals surface area contributed by atoms with Gasteiger partial charge in [-0.25, -0.2) is 14.3 Å². The standard InChI is InChI=1S/C7H6N4O3/c1-14-6-4-2-8-5(7(12)13)11(4)10-3-9-6/h2-3H,1H3,(H,12,13). The van der Waals surface area contributed by atoms with Gasteiger partial charge in [-0.2, -0.15) is 10.1 Å². The van der Waals surface area contributed by atoms with Crippen LogP contribution in [0.5, 0.6) is 5.88 Å². The van der Waals surface area contributed by atoms with E-state index in [-0.39, 0.29) is 5.82 Å². The van der Waals surface area contributed by atoms with Crippen LogP contribution in [0, 0.1) is 0 Å². The molecule has 0 amide bonds. The van der Waals surface area contributed by atoms with E-state index in [1.54, 1.807) is 0 Å². The normalized spacial score (nSPS) is 10.4. The zero-order valence-corrected chi connectivity index (χ0v) is 7.21. The lowest BCUT2D eigenvalue weighted by molar-refractivity contribution is 0.0681. The number of aromatic carboxylic acids is 1. The predicted octanol–water partition coefficient (Wildman–Crippen LogP) is -0.169. The number of fused-ring (bicyclic) bond motifs is 1. The number of ether oxygens (including phenoxy) is 1. The number of carbonyl (C=O) groups is 1. The zero-order chi connectivity index (χ0) is 10.1. The molecule has 2 aromatic heterocycles. The highest BCUT2D eigenvalue weighted by molar-refractivity contribution is 5.85. The molecule has 2 heterocycles. The summed E-state index contributed by atoms with van der Waals surface area (Å²) in [7, 11) is 1.44. The third-order valence-corrected chi connectivity index (χ3v) is 1.68. The van der Waals surface area contributed by atoms with E-state index in [0.29, 0.717) is 11.4 Å². The Morgan fingerprint density at radius 1 is 1.57 bits per heavy atom. The molecule has 7 nitrogen and oxygen atoms in total. The Labute approximate surface area is 78.0 Å². The Morgan fingerprint density at radius 3 is 3.00 bits per heavy atom. The van der Waals surface area contributed by atoms with Crippen LogP contribution in [0.3, 0.4) is 0 Å².